The third kappa shape index (κ3) is 3.49. The summed E-state index contributed by atoms with van der Waals surface area (Å²) in [5.74, 6) is 0.172. The third-order valence-electron chi connectivity index (χ3n) is 4.73. The zero-order valence-corrected chi connectivity index (χ0v) is 14.2. The molecule has 1 heterocycles. The number of aryl methyl sites for hydroxylation is 1. The van der Waals surface area contributed by atoms with Crippen LogP contribution < -0.4 is 0 Å². The molecule has 0 aromatic heterocycles. The number of benzene rings is 1. The maximum atomic E-state index is 12.6. The summed E-state index contributed by atoms with van der Waals surface area (Å²) in [6, 6.07) is 6.72. The molecule has 0 atom stereocenters. The molecule has 1 saturated carbocycles. The summed E-state index contributed by atoms with van der Waals surface area (Å²) < 4.78 is 0.982. The maximum absolute atomic E-state index is 12.6. The third-order valence-corrected chi connectivity index (χ3v) is 5.19. The van der Waals surface area contributed by atoms with E-state index in [1.165, 1.54) is 25.7 Å². The lowest BCUT2D eigenvalue weighted by Gasteiger charge is -2.38. The monoisotopic (exact) mass is 350 g/mol. The molecule has 2 fully saturated rings. The predicted molar refractivity (Wildman–Crippen MR) is 88.6 cm³/mol. The number of rotatable bonds is 2. The van der Waals surface area contributed by atoms with Gasteiger partial charge in [0.25, 0.3) is 5.91 Å². The molecule has 1 aliphatic carbocycles. The van der Waals surface area contributed by atoms with Gasteiger partial charge in [0.05, 0.1) is 0 Å². The highest BCUT2D eigenvalue weighted by Gasteiger charge is 2.28. The Kier molecular flexibility index (Phi) is 4.65. The standard InChI is InChI=1S/C17H23BrN2O/c1-13-10-14(12-15(18)11-13)17(21)20-8-6-19(7-9-20)16-4-2-3-5-16/h10-12,16H,2-9H2,1H3. The molecule has 1 saturated heterocycles. The number of piperazine rings is 1. The Morgan fingerprint density at radius 1 is 1.10 bits per heavy atom. The van der Waals surface area contributed by atoms with Gasteiger partial charge in [-0.05, 0) is 43.5 Å². The molecule has 1 aromatic rings. The quantitative estimate of drug-likeness (QED) is 0.815. The molecule has 114 valence electrons. The number of nitrogens with zero attached hydrogens (tertiary/aromatic N) is 2. The second kappa shape index (κ2) is 6.49. The van der Waals surface area contributed by atoms with Gasteiger partial charge in [0.2, 0.25) is 0 Å². The van der Waals surface area contributed by atoms with Crippen LogP contribution in [-0.4, -0.2) is 47.9 Å². The summed E-state index contributed by atoms with van der Waals surface area (Å²) in [7, 11) is 0. The van der Waals surface area contributed by atoms with Gasteiger partial charge in [0.1, 0.15) is 0 Å². The topological polar surface area (TPSA) is 23.6 Å². The van der Waals surface area contributed by atoms with E-state index in [-0.39, 0.29) is 5.91 Å². The molecule has 3 rings (SSSR count). The van der Waals surface area contributed by atoms with Crippen molar-refractivity contribution in [2.45, 2.75) is 38.6 Å². The first kappa shape index (κ1) is 15.0. The molecule has 2 aliphatic rings. The predicted octanol–water partition coefficient (Wildman–Crippen LogP) is 3.46. The van der Waals surface area contributed by atoms with Gasteiger partial charge in [0.15, 0.2) is 0 Å². The summed E-state index contributed by atoms with van der Waals surface area (Å²) >= 11 is 3.48. The molecule has 1 aromatic carbocycles. The minimum atomic E-state index is 0.172. The zero-order valence-electron chi connectivity index (χ0n) is 12.6. The van der Waals surface area contributed by atoms with E-state index in [4.69, 9.17) is 0 Å². The van der Waals surface area contributed by atoms with Crippen LogP contribution >= 0.6 is 15.9 Å². The Balaban J connectivity index is 1.62. The van der Waals surface area contributed by atoms with Crippen molar-refractivity contribution in [3.63, 3.8) is 0 Å². The van der Waals surface area contributed by atoms with E-state index >= 15 is 0 Å². The fourth-order valence-corrected chi connectivity index (χ4v) is 4.21. The Labute approximate surface area is 135 Å². The molecular weight excluding hydrogens is 328 g/mol. The first-order chi connectivity index (χ1) is 10.1. The number of halogens is 1. The molecule has 1 aliphatic heterocycles. The lowest BCUT2D eigenvalue weighted by atomic mass is 10.1. The Hall–Kier alpha value is -0.870. The lowest BCUT2D eigenvalue weighted by molar-refractivity contribution is 0.0573. The Bertz CT molecular complexity index is 497. The van der Waals surface area contributed by atoms with Crippen LogP contribution in [0.3, 0.4) is 0 Å². The molecule has 4 heteroatoms. The van der Waals surface area contributed by atoms with Crippen molar-refractivity contribution in [1.82, 2.24) is 9.80 Å². The molecule has 0 spiro atoms. The van der Waals surface area contributed by atoms with Crippen molar-refractivity contribution in [1.29, 1.82) is 0 Å². The van der Waals surface area contributed by atoms with Crippen LogP contribution in [0.25, 0.3) is 0 Å². The van der Waals surface area contributed by atoms with Crippen LogP contribution in [0.2, 0.25) is 0 Å². The van der Waals surface area contributed by atoms with E-state index in [2.05, 4.69) is 20.8 Å². The van der Waals surface area contributed by atoms with Crippen LogP contribution in [0.1, 0.15) is 41.6 Å². The van der Waals surface area contributed by atoms with E-state index < -0.39 is 0 Å². The molecule has 0 unspecified atom stereocenters. The number of amides is 1. The van der Waals surface area contributed by atoms with Crippen molar-refractivity contribution < 1.29 is 4.79 Å². The minimum Gasteiger partial charge on any atom is -0.336 e. The molecule has 3 nitrogen and oxygen atoms in total. The maximum Gasteiger partial charge on any atom is 0.253 e. The van der Waals surface area contributed by atoms with Gasteiger partial charge in [-0.1, -0.05) is 28.8 Å². The van der Waals surface area contributed by atoms with Crippen molar-refractivity contribution in [2.24, 2.45) is 0 Å². The Morgan fingerprint density at radius 3 is 2.38 bits per heavy atom. The van der Waals surface area contributed by atoms with Crippen molar-refractivity contribution >= 4 is 21.8 Å². The van der Waals surface area contributed by atoms with Gasteiger partial charge in [0, 0.05) is 42.3 Å². The fourth-order valence-electron chi connectivity index (χ4n) is 3.60. The normalized spacial score (nSPS) is 21.0. The smallest absolute Gasteiger partial charge is 0.253 e. The van der Waals surface area contributed by atoms with Gasteiger partial charge in [-0.15, -0.1) is 0 Å². The van der Waals surface area contributed by atoms with Crippen LogP contribution in [0.4, 0.5) is 0 Å². The van der Waals surface area contributed by atoms with Crippen molar-refractivity contribution in [2.75, 3.05) is 26.2 Å². The van der Waals surface area contributed by atoms with Crippen LogP contribution in [-0.2, 0) is 0 Å². The summed E-state index contributed by atoms with van der Waals surface area (Å²) in [5, 5.41) is 0. The van der Waals surface area contributed by atoms with Gasteiger partial charge < -0.3 is 4.90 Å². The van der Waals surface area contributed by atoms with Crippen molar-refractivity contribution in [3.05, 3.63) is 33.8 Å². The van der Waals surface area contributed by atoms with E-state index in [9.17, 15) is 4.79 Å². The molecule has 21 heavy (non-hydrogen) atoms. The van der Waals surface area contributed by atoms with Gasteiger partial charge >= 0.3 is 0 Å². The van der Waals surface area contributed by atoms with E-state index in [0.717, 1.165) is 47.8 Å². The Morgan fingerprint density at radius 2 is 1.76 bits per heavy atom. The summed E-state index contributed by atoms with van der Waals surface area (Å²) in [5.41, 5.74) is 1.92. The molecule has 1 amide bonds. The van der Waals surface area contributed by atoms with Gasteiger partial charge in [-0.2, -0.15) is 0 Å². The van der Waals surface area contributed by atoms with Crippen LogP contribution in [0.5, 0.6) is 0 Å². The molecule has 0 radical (unpaired) electrons. The van der Waals surface area contributed by atoms with Gasteiger partial charge in [-0.25, -0.2) is 0 Å². The number of carbonyl (C=O) groups excluding carboxylic acids is 1. The average Bonchev–Trinajstić information content (AvgIpc) is 3.00. The SMILES string of the molecule is Cc1cc(Br)cc(C(=O)N2CCN(C3CCCC3)CC2)c1. The largest absolute Gasteiger partial charge is 0.336 e. The highest BCUT2D eigenvalue weighted by atomic mass is 79.9. The van der Waals surface area contributed by atoms with E-state index in [1.807, 2.05) is 30.0 Å². The highest BCUT2D eigenvalue weighted by Crippen LogP contribution is 2.25. The lowest BCUT2D eigenvalue weighted by Crippen LogP contribution is -2.51. The summed E-state index contributed by atoms with van der Waals surface area (Å²) in [6.07, 6.45) is 5.44. The fraction of sp³-hybridized carbons (Fsp3) is 0.588. The first-order valence-electron chi connectivity index (χ1n) is 7.94. The minimum absolute atomic E-state index is 0.172. The van der Waals surface area contributed by atoms with E-state index in [1.54, 1.807) is 0 Å². The van der Waals surface area contributed by atoms with Crippen molar-refractivity contribution in [3.8, 4) is 0 Å². The van der Waals surface area contributed by atoms with Crippen LogP contribution in [0, 0.1) is 6.92 Å². The molecular formula is C17H23BrN2O. The second-order valence-corrected chi connectivity index (χ2v) is 7.20. The van der Waals surface area contributed by atoms with E-state index in [0.29, 0.717) is 0 Å². The second-order valence-electron chi connectivity index (χ2n) is 6.28. The van der Waals surface area contributed by atoms with Gasteiger partial charge in [-0.3, -0.25) is 9.69 Å². The molecule has 0 N–H and O–H groups in total. The molecule has 0 bridgehead atoms. The first-order valence-corrected chi connectivity index (χ1v) is 8.73. The highest BCUT2D eigenvalue weighted by molar-refractivity contribution is 9.10. The van der Waals surface area contributed by atoms with Crippen LogP contribution in [0.15, 0.2) is 22.7 Å². The average molecular weight is 351 g/mol. The summed E-state index contributed by atoms with van der Waals surface area (Å²) in [6.45, 7) is 5.81. The zero-order chi connectivity index (χ0) is 14.8. The number of carbonyl (C=O) groups is 1. The number of hydrogen-bond acceptors (Lipinski definition) is 2. The number of hydrogen-bond donors (Lipinski definition) is 0. The summed E-state index contributed by atoms with van der Waals surface area (Å²) in [4.78, 5) is 17.2.